The topological polar surface area (TPSA) is 180 Å². The number of nitrogens with one attached hydrogen (secondary N) is 1. The van der Waals surface area contributed by atoms with Gasteiger partial charge in [0.15, 0.2) is 46.2 Å². The molecule has 3 aliphatic carbocycles. The molecule has 2 fully saturated rings. The molecule has 0 saturated heterocycles. The fourth-order valence-electron chi connectivity index (χ4n) is 5.69. The third-order valence-electron chi connectivity index (χ3n) is 7.11. The molecule has 0 aromatic carbocycles. The van der Waals surface area contributed by atoms with E-state index in [1.807, 2.05) is 0 Å². The third kappa shape index (κ3) is 2.95. The normalized spacial score (nSPS) is 33.5. The molecule has 2 saturated carbocycles. The quantitative estimate of drug-likeness (QED) is 0.309. The van der Waals surface area contributed by atoms with Crippen LogP contribution in [0.3, 0.4) is 0 Å². The number of likely N-dealkylation sites (N-methyl/N-ethyl adjacent to an activating group) is 1. The molecule has 4 rings (SSSR count). The van der Waals surface area contributed by atoms with Crippen LogP contribution in [-0.4, -0.2) is 81.9 Å². The van der Waals surface area contributed by atoms with E-state index in [1.165, 1.54) is 26.0 Å². The lowest BCUT2D eigenvalue weighted by molar-refractivity contribution is -0.181. The molecule has 1 heterocycles. The summed E-state index contributed by atoms with van der Waals surface area (Å²) in [4.78, 5) is 70.6. The number of anilines is 1. The summed E-state index contributed by atoms with van der Waals surface area (Å²) in [6.07, 6.45) is 0.0178. The number of nitrogens with two attached hydrogens (primary N) is 1. The number of nitrogens with zero attached hydrogens (tertiary/aromatic N) is 2. The van der Waals surface area contributed by atoms with E-state index in [0.717, 1.165) is 0 Å². The highest BCUT2D eigenvalue weighted by molar-refractivity contribution is 6.34. The molecule has 1 amide bonds. The Hall–Kier alpha value is -2.89. The zero-order valence-corrected chi connectivity index (χ0v) is 18.8. The minimum atomic E-state index is -2.75. The highest BCUT2D eigenvalue weighted by Crippen LogP contribution is 2.51. The Morgan fingerprint density at radius 1 is 1.24 bits per heavy atom. The van der Waals surface area contributed by atoms with Crippen molar-refractivity contribution in [3.8, 4) is 5.75 Å². The van der Waals surface area contributed by atoms with E-state index in [4.69, 9.17) is 17.3 Å². The maximum atomic E-state index is 13.6. The van der Waals surface area contributed by atoms with Gasteiger partial charge in [-0.1, -0.05) is 11.6 Å². The second-order valence-electron chi connectivity index (χ2n) is 8.99. The SMILES string of the molecule is CNc1nc(Cl)c2c(c1O)C(=O)C1C(=O)[C@]3(O)C(=O)C(C(N)=O)C(=O)[C@@H](N(C)C)[C@@H]3C[C@@H]1C2. The molecule has 0 spiro atoms. The van der Waals surface area contributed by atoms with Gasteiger partial charge >= 0.3 is 0 Å². The van der Waals surface area contributed by atoms with Gasteiger partial charge in [0.1, 0.15) is 5.15 Å². The molecule has 12 heteroatoms. The van der Waals surface area contributed by atoms with Crippen LogP contribution in [0.15, 0.2) is 0 Å². The van der Waals surface area contributed by atoms with Gasteiger partial charge in [0.2, 0.25) is 5.91 Å². The number of primary amides is 1. The molecule has 0 bridgehead atoms. The van der Waals surface area contributed by atoms with Gasteiger partial charge in [-0.2, -0.15) is 0 Å². The van der Waals surface area contributed by atoms with Crippen LogP contribution < -0.4 is 11.1 Å². The fourth-order valence-corrected chi connectivity index (χ4v) is 5.95. The number of hydrogen-bond donors (Lipinski definition) is 4. The molecule has 2 unspecified atom stereocenters. The molecule has 1 aromatic rings. The number of hydrogen-bond acceptors (Lipinski definition) is 10. The summed E-state index contributed by atoms with van der Waals surface area (Å²) in [6, 6.07) is -1.15. The van der Waals surface area contributed by atoms with Gasteiger partial charge in [-0.25, -0.2) is 4.98 Å². The Kier molecular flexibility index (Phi) is 5.34. The van der Waals surface area contributed by atoms with Gasteiger partial charge < -0.3 is 21.3 Å². The van der Waals surface area contributed by atoms with Crippen molar-refractivity contribution >= 4 is 46.5 Å². The van der Waals surface area contributed by atoms with Crippen molar-refractivity contribution < 1.29 is 34.2 Å². The summed E-state index contributed by atoms with van der Waals surface area (Å²) >= 11 is 6.26. The van der Waals surface area contributed by atoms with Crippen LogP contribution in [-0.2, 0) is 25.6 Å². The van der Waals surface area contributed by atoms with E-state index in [2.05, 4.69) is 10.3 Å². The lowest BCUT2D eigenvalue weighted by Gasteiger charge is -2.52. The Bertz CT molecular complexity index is 1140. The number of amides is 1. The van der Waals surface area contributed by atoms with Crippen molar-refractivity contribution in [1.82, 2.24) is 9.88 Å². The van der Waals surface area contributed by atoms with Crippen LogP contribution in [0.5, 0.6) is 5.75 Å². The Balaban J connectivity index is 1.89. The molecule has 33 heavy (non-hydrogen) atoms. The smallest absolute Gasteiger partial charge is 0.235 e. The first-order valence-corrected chi connectivity index (χ1v) is 10.7. The van der Waals surface area contributed by atoms with Gasteiger partial charge in [0, 0.05) is 18.5 Å². The molecule has 6 atom stereocenters. The monoisotopic (exact) mass is 478 g/mol. The number of ketones is 4. The van der Waals surface area contributed by atoms with Crippen molar-refractivity contribution in [2.75, 3.05) is 26.5 Å². The van der Waals surface area contributed by atoms with Crippen molar-refractivity contribution in [2.24, 2.45) is 29.4 Å². The van der Waals surface area contributed by atoms with E-state index in [9.17, 15) is 34.2 Å². The molecule has 1 aromatic heterocycles. The second kappa shape index (κ2) is 7.57. The van der Waals surface area contributed by atoms with Gasteiger partial charge in [-0.3, -0.25) is 28.9 Å². The number of aromatic hydroxyl groups is 1. The summed E-state index contributed by atoms with van der Waals surface area (Å²) in [5.41, 5.74) is 2.57. The predicted molar refractivity (Wildman–Crippen MR) is 114 cm³/mol. The van der Waals surface area contributed by atoms with Gasteiger partial charge in [-0.15, -0.1) is 0 Å². The van der Waals surface area contributed by atoms with E-state index < -0.39 is 70.1 Å². The van der Waals surface area contributed by atoms with E-state index in [-0.39, 0.29) is 34.9 Å². The minimum absolute atomic E-state index is 0.0269. The zero-order valence-electron chi connectivity index (χ0n) is 18.1. The first-order chi connectivity index (χ1) is 15.4. The molecule has 11 nitrogen and oxygen atoms in total. The summed E-state index contributed by atoms with van der Waals surface area (Å²) in [5, 5.41) is 24.6. The minimum Gasteiger partial charge on any atom is -0.504 e. The number of pyridine rings is 1. The van der Waals surface area contributed by atoms with E-state index in [0.29, 0.717) is 0 Å². The number of aromatic nitrogens is 1. The van der Waals surface area contributed by atoms with Crippen LogP contribution in [0.4, 0.5) is 5.82 Å². The number of Topliss-reactive ketones (excluding diaryl/α,β-unsaturated/α-hetero) is 4. The Morgan fingerprint density at radius 2 is 1.88 bits per heavy atom. The summed E-state index contributed by atoms with van der Waals surface area (Å²) in [6.45, 7) is 0. The molecule has 0 radical (unpaired) electrons. The first-order valence-electron chi connectivity index (χ1n) is 10.3. The van der Waals surface area contributed by atoms with Crippen LogP contribution >= 0.6 is 11.6 Å². The van der Waals surface area contributed by atoms with Crippen LogP contribution in [0, 0.1) is 23.7 Å². The number of halogens is 1. The van der Waals surface area contributed by atoms with Gasteiger partial charge in [-0.05, 0) is 32.9 Å². The number of aliphatic hydroxyl groups is 1. The molecular formula is C21H23ClN4O7. The van der Waals surface area contributed by atoms with E-state index >= 15 is 0 Å². The van der Waals surface area contributed by atoms with Crippen LogP contribution in [0.25, 0.3) is 0 Å². The van der Waals surface area contributed by atoms with Crippen molar-refractivity contribution in [3.63, 3.8) is 0 Å². The summed E-state index contributed by atoms with van der Waals surface area (Å²) in [5.74, 6) is -11.2. The predicted octanol–water partition coefficient (Wildman–Crippen LogP) is -1.04. The third-order valence-corrected chi connectivity index (χ3v) is 7.43. The Morgan fingerprint density at radius 3 is 2.42 bits per heavy atom. The maximum Gasteiger partial charge on any atom is 0.235 e. The van der Waals surface area contributed by atoms with E-state index in [1.54, 1.807) is 0 Å². The summed E-state index contributed by atoms with van der Waals surface area (Å²) in [7, 11) is 4.50. The first kappa shape index (κ1) is 23.3. The number of carbonyl (C=O) groups excluding carboxylic acids is 5. The molecule has 176 valence electrons. The highest BCUT2D eigenvalue weighted by Gasteiger charge is 2.69. The number of fused-ring (bicyclic) bond motifs is 3. The number of rotatable bonds is 3. The molecule has 5 N–H and O–H groups in total. The average molecular weight is 479 g/mol. The lowest BCUT2D eigenvalue weighted by atomic mass is 9.52. The largest absolute Gasteiger partial charge is 0.504 e. The maximum absolute atomic E-state index is 13.6. The van der Waals surface area contributed by atoms with Crippen molar-refractivity contribution in [1.29, 1.82) is 0 Å². The van der Waals surface area contributed by atoms with Crippen molar-refractivity contribution in [3.05, 3.63) is 16.3 Å². The summed E-state index contributed by atoms with van der Waals surface area (Å²) < 4.78 is 0. The highest BCUT2D eigenvalue weighted by atomic mass is 35.5. The Labute approximate surface area is 193 Å². The van der Waals surface area contributed by atoms with Crippen LogP contribution in [0.2, 0.25) is 5.15 Å². The van der Waals surface area contributed by atoms with Gasteiger partial charge in [0.05, 0.1) is 17.5 Å². The average Bonchev–Trinajstić information content (AvgIpc) is 2.72. The molecule has 3 aliphatic rings. The van der Waals surface area contributed by atoms with Crippen LogP contribution in [0.1, 0.15) is 22.3 Å². The number of carbonyl (C=O) groups is 5. The molecular weight excluding hydrogens is 456 g/mol. The molecule has 0 aliphatic heterocycles. The lowest BCUT2D eigenvalue weighted by Crippen LogP contribution is -2.74. The van der Waals surface area contributed by atoms with Crippen molar-refractivity contribution in [2.45, 2.75) is 24.5 Å². The fraction of sp³-hybridized carbons (Fsp3) is 0.524. The second-order valence-corrected chi connectivity index (χ2v) is 9.35. The van der Waals surface area contributed by atoms with Gasteiger partial charge in [0.25, 0.3) is 0 Å². The zero-order chi connectivity index (χ0) is 24.6. The standard InChI is InChI=1S/C21H23ClN4O7/c1-24-20-15(29)10-7(18(22)25-20)4-6-5-8-12(26(2)3)14(28)11(19(23)32)17(31)21(8,33)16(30)9(6)13(10)27/h6,8-9,11-12,29,33H,4-5H2,1-3H3,(H2,23,32)(H,24,25)/t6-,8-,9?,11?,12-,21-/m0/s1.